The highest BCUT2D eigenvalue weighted by Crippen LogP contribution is 2.22. The van der Waals surface area contributed by atoms with E-state index in [9.17, 15) is 8.78 Å². The molecule has 7 heteroatoms. The van der Waals surface area contributed by atoms with Gasteiger partial charge in [-0.25, -0.2) is 4.98 Å². The molecule has 0 unspecified atom stereocenters. The molecule has 0 saturated heterocycles. The van der Waals surface area contributed by atoms with Crippen LogP contribution in [0.5, 0.6) is 0 Å². The van der Waals surface area contributed by atoms with Gasteiger partial charge in [-0.2, -0.15) is 8.78 Å². The van der Waals surface area contributed by atoms with Crippen LogP contribution in [0.2, 0.25) is 0 Å². The van der Waals surface area contributed by atoms with Crippen LogP contribution in [0.4, 0.5) is 8.78 Å². The van der Waals surface area contributed by atoms with E-state index in [2.05, 4.69) is 4.98 Å². The number of nitrogens with two attached hydrogens (primary N) is 1. The van der Waals surface area contributed by atoms with Gasteiger partial charge < -0.3 is 5.73 Å². The van der Waals surface area contributed by atoms with Crippen molar-refractivity contribution in [2.24, 2.45) is 5.73 Å². The number of alkyl halides is 2. The number of benzene rings is 1. The van der Waals surface area contributed by atoms with Crippen molar-refractivity contribution in [2.45, 2.75) is 13.0 Å². The molecule has 0 radical (unpaired) electrons. The zero-order valence-electron chi connectivity index (χ0n) is 8.85. The fourth-order valence-electron chi connectivity index (χ4n) is 1.62. The van der Waals surface area contributed by atoms with Gasteiger partial charge in [-0.15, -0.1) is 24.8 Å². The maximum absolute atomic E-state index is 12.8. The molecular weight excluding hydrogens is 271 g/mol. The minimum atomic E-state index is -2.57. The topological polar surface area (TPSA) is 43.8 Å². The smallest absolute Gasteiger partial charge is 0.320 e. The number of halogens is 4. The molecule has 0 saturated carbocycles. The van der Waals surface area contributed by atoms with Crippen molar-refractivity contribution in [1.29, 1.82) is 0 Å². The Labute approximate surface area is 110 Å². The molecule has 0 amide bonds. The molecule has 2 N–H and O–H groups in total. The van der Waals surface area contributed by atoms with Crippen LogP contribution in [0.25, 0.3) is 11.0 Å². The average Bonchev–Trinajstić information content (AvgIpc) is 2.56. The molecule has 96 valence electrons. The van der Waals surface area contributed by atoms with Crippen molar-refractivity contribution in [3.8, 4) is 0 Å². The Hall–Kier alpha value is -0.910. The molecule has 2 rings (SSSR count). The number of nitrogens with zero attached hydrogens (tertiary/aromatic N) is 2. The molecule has 0 bridgehead atoms. The number of aromatic nitrogens is 2. The molecule has 0 aliphatic rings. The lowest BCUT2D eigenvalue weighted by Crippen LogP contribution is -2.10. The lowest BCUT2D eigenvalue weighted by molar-refractivity contribution is 0.0716. The maximum atomic E-state index is 12.8. The standard InChI is InChI=1S/C10H11F2N3.2ClH/c11-10(12)15-8-4-2-1-3-7(8)14-9(15)5-6-13;;/h1-4,10H,5-6,13H2;2*1H. The second-order valence-electron chi connectivity index (χ2n) is 3.20. The van der Waals surface area contributed by atoms with Crippen molar-refractivity contribution in [3.63, 3.8) is 0 Å². The van der Waals surface area contributed by atoms with Crippen LogP contribution < -0.4 is 5.73 Å². The molecule has 0 spiro atoms. The second kappa shape index (κ2) is 6.74. The first kappa shape index (κ1) is 16.1. The monoisotopic (exact) mass is 283 g/mol. The van der Waals surface area contributed by atoms with E-state index in [0.29, 0.717) is 29.8 Å². The Morgan fingerprint density at radius 2 is 1.88 bits per heavy atom. The van der Waals surface area contributed by atoms with Gasteiger partial charge in [0, 0.05) is 6.42 Å². The van der Waals surface area contributed by atoms with Crippen molar-refractivity contribution >= 4 is 35.8 Å². The summed E-state index contributed by atoms with van der Waals surface area (Å²) in [5, 5.41) is 0. The van der Waals surface area contributed by atoms with Crippen molar-refractivity contribution in [1.82, 2.24) is 9.55 Å². The van der Waals surface area contributed by atoms with Gasteiger partial charge in [0.05, 0.1) is 11.0 Å². The molecule has 0 fully saturated rings. The molecule has 0 aliphatic carbocycles. The average molecular weight is 284 g/mol. The predicted molar refractivity (Wildman–Crippen MR) is 68.2 cm³/mol. The summed E-state index contributed by atoms with van der Waals surface area (Å²) in [6.07, 6.45) is 0.360. The first-order valence-corrected chi connectivity index (χ1v) is 4.68. The van der Waals surface area contributed by atoms with E-state index in [1.165, 1.54) is 0 Å². The molecule has 2 aromatic rings. The van der Waals surface area contributed by atoms with E-state index >= 15 is 0 Å². The quantitative estimate of drug-likeness (QED) is 0.941. The van der Waals surface area contributed by atoms with Gasteiger partial charge in [-0.3, -0.25) is 4.57 Å². The lowest BCUT2D eigenvalue weighted by Gasteiger charge is -2.06. The normalized spacial score (nSPS) is 10.1. The van der Waals surface area contributed by atoms with Crippen LogP contribution in [0, 0.1) is 0 Å². The third-order valence-corrected chi connectivity index (χ3v) is 2.23. The first-order valence-electron chi connectivity index (χ1n) is 4.68. The number of hydrogen-bond acceptors (Lipinski definition) is 2. The van der Waals surface area contributed by atoms with Crippen molar-refractivity contribution in [3.05, 3.63) is 30.1 Å². The SMILES string of the molecule is Cl.Cl.NCCc1nc2ccccc2n1C(F)F. The van der Waals surface area contributed by atoms with Crippen LogP contribution in [0.3, 0.4) is 0 Å². The van der Waals surface area contributed by atoms with Crippen LogP contribution in [0.1, 0.15) is 12.4 Å². The summed E-state index contributed by atoms with van der Waals surface area (Å²) in [6, 6.07) is 6.84. The summed E-state index contributed by atoms with van der Waals surface area (Å²) in [4.78, 5) is 4.13. The zero-order valence-corrected chi connectivity index (χ0v) is 10.5. The van der Waals surface area contributed by atoms with Crippen molar-refractivity contribution in [2.75, 3.05) is 6.54 Å². The molecule has 1 aromatic carbocycles. The predicted octanol–water partition coefficient (Wildman–Crippen LogP) is 2.78. The number of rotatable bonds is 3. The fourth-order valence-corrected chi connectivity index (χ4v) is 1.62. The molecule has 1 aromatic heterocycles. The Morgan fingerprint density at radius 1 is 1.24 bits per heavy atom. The Balaban J connectivity index is 0.00000128. The minimum Gasteiger partial charge on any atom is -0.330 e. The van der Waals surface area contributed by atoms with Crippen LogP contribution >= 0.6 is 24.8 Å². The molecule has 1 heterocycles. The Morgan fingerprint density at radius 3 is 2.47 bits per heavy atom. The van der Waals surface area contributed by atoms with E-state index in [1.807, 2.05) is 0 Å². The summed E-state index contributed by atoms with van der Waals surface area (Å²) >= 11 is 0. The van der Waals surface area contributed by atoms with E-state index in [0.717, 1.165) is 4.57 Å². The largest absolute Gasteiger partial charge is 0.330 e. The number of hydrogen-bond donors (Lipinski definition) is 1. The zero-order chi connectivity index (χ0) is 10.8. The second-order valence-corrected chi connectivity index (χ2v) is 3.20. The van der Waals surface area contributed by atoms with Crippen LogP contribution in [-0.4, -0.2) is 16.1 Å². The fraction of sp³-hybridized carbons (Fsp3) is 0.300. The molecule has 0 atom stereocenters. The van der Waals surface area contributed by atoms with E-state index in [4.69, 9.17) is 5.73 Å². The van der Waals surface area contributed by atoms with Gasteiger partial charge in [0.25, 0.3) is 0 Å². The Kier molecular flexibility index (Phi) is 6.37. The van der Waals surface area contributed by atoms with Gasteiger partial charge in [0.15, 0.2) is 0 Å². The molecule has 3 nitrogen and oxygen atoms in total. The summed E-state index contributed by atoms with van der Waals surface area (Å²) in [6.45, 7) is -2.25. The van der Waals surface area contributed by atoms with Crippen molar-refractivity contribution < 1.29 is 8.78 Å². The van der Waals surface area contributed by atoms with Gasteiger partial charge in [-0.05, 0) is 18.7 Å². The highest BCUT2D eigenvalue weighted by Gasteiger charge is 2.16. The van der Waals surface area contributed by atoms with E-state index in [-0.39, 0.29) is 24.8 Å². The molecule has 0 aliphatic heterocycles. The first-order chi connectivity index (χ1) is 7.24. The molecule has 17 heavy (non-hydrogen) atoms. The highest BCUT2D eigenvalue weighted by molar-refractivity contribution is 5.85. The summed E-state index contributed by atoms with van der Waals surface area (Å²) in [5.41, 5.74) is 6.39. The summed E-state index contributed by atoms with van der Waals surface area (Å²) < 4.78 is 26.5. The number of imidazole rings is 1. The summed E-state index contributed by atoms with van der Waals surface area (Å²) in [7, 11) is 0. The van der Waals surface area contributed by atoms with Gasteiger partial charge in [0.1, 0.15) is 5.82 Å². The minimum absolute atomic E-state index is 0. The van der Waals surface area contributed by atoms with Crippen LogP contribution in [0.15, 0.2) is 24.3 Å². The highest BCUT2D eigenvalue weighted by atomic mass is 35.5. The summed E-state index contributed by atoms with van der Waals surface area (Å²) in [5.74, 6) is 0.341. The van der Waals surface area contributed by atoms with E-state index in [1.54, 1.807) is 24.3 Å². The lowest BCUT2D eigenvalue weighted by atomic mass is 10.3. The third kappa shape index (κ3) is 3.06. The third-order valence-electron chi connectivity index (χ3n) is 2.23. The number of para-hydroxylation sites is 2. The molecular formula is C10H13Cl2F2N3. The Bertz CT molecular complexity index is 474. The maximum Gasteiger partial charge on any atom is 0.320 e. The van der Waals surface area contributed by atoms with Gasteiger partial charge >= 0.3 is 6.55 Å². The van der Waals surface area contributed by atoms with E-state index < -0.39 is 6.55 Å². The number of fused-ring (bicyclic) bond motifs is 1. The van der Waals surface area contributed by atoms with Gasteiger partial charge in [-0.1, -0.05) is 12.1 Å². The van der Waals surface area contributed by atoms with Crippen LogP contribution in [-0.2, 0) is 6.42 Å². The van der Waals surface area contributed by atoms with Gasteiger partial charge in [0.2, 0.25) is 0 Å².